The van der Waals surface area contributed by atoms with Crippen LogP contribution in [-0.4, -0.2) is 12.8 Å². The molecule has 0 saturated heterocycles. The standard InChI is InChI=1S/C10H13N/c1-4-9-7-5-6-8(2)10(9)11-3/h4-7H,1-3H3/b9-4-,11-10?. The number of hydrogen-bond acceptors (Lipinski definition) is 1. The van der Waals surface area contributed by atoms with Crippen molar-refractivity contribution in [1.82, 2.24) is 0 Å². The molecule has 0 heterocycles. The van der Waals surface area contributed by atoms with E-state index in [4.69, 9.17) is 0 Å². The molecule has 1 aliphatic rings. The number of allylic oxidation sites excluding steroid dienone is 6. The van der Waals surface area contributed by atoms with Gasteiger partial charge < -0.3 is 0 Å². The minimum Gasteiger partial charge on any atom is -0.288 e. The molecule has 0 bridgehead atoms. The molecule has 0 fully saturated rings. The van der Waals surface area contributed by atoms with Gasteiger partial charge in [-0.1, -0.05) is 24.3 Å². The van der Waals surface area contributed by atoms with E-state index >= 15 is 0 Å². The first-order valence-corrected chi connectivity index (χ1v) is 3.78. The Morgan fingerprint density at radius 3 is 2.64 bits per heavy atom. The molecule has 0 saturated carbocycles. The Balaban J connectivity index is 3.08. The van der Waals surface area contributed by atoms with Gasteiger partial charge >= 0.3 is 0 Å². The molecule has 0 aromatic rings. The molecule has 1 rings (SSSR count). The quantitative estimate of drug-likeness (QED) is 0.499. The van der Waals surface area contributed by atoms with Gasteiger partial charge in [-0.15, -0.1) is 0 Å². The second kappa shape index (κ2) is 3.33. The van der Waals surface area contributed by atoms with E-state index in [-0.39, 0.29) is 0 Å². The highest BCUT2D eigenvalue weighted by Gasteiger charge is 2.06. The van der Waals surface area contributed by atoms with Crippen molar-refractivity contribution in [2.24, 2.45) is 4.99 Å². The van der Waals surface area contributed by atoms with E-state index in [0.717, 1.165) is 5.71 Å². The van der Waals surface area contributed by atoms with E-state index in [9.17, 15) is 0 Å². The molecular formula is C10H13N. The van der Waals surface area contributed by atoms with Gasteiger partial charge in [0.05, 0.1) is 5.71 Å². The maximum Gasteiger partial charge on any atom is 0.0668 e. The Morgan fingerprint density at radius 2 is 2.18 bits per heavy atom. The Morgan fingerprint density at radius 1 is 1.45 bits per heavy atom. The van der Waals surface area contributed by atoms with E-state index in [1.165, 1.54) is 11.1 Å². The van der Waals surface area contributed by atoms with Crippen LogP contribution in [0, 0.1) is 0 Å². The lowest BCUT2D eigenvalue weighted by molar-refractivity contribution is 1.38. The summed E-state index contributed by atoms with van der Waals surface area (Å²) in [4.78, 5) is 4.21. The predicted octanol–water partition coefficient (Wildman–Crippen LogP) is 2.52. The van der Waals surface area contributed by atoms with E-state index in [1.54, 1.807) is 0 Å². The maximum atomic E-state index is 4.21. The van der Waals surface area contributed by atoms with Crippen molar-refractivity contribution in [2.75, 3.05) is 7.05 Å². The molecule has 1 aliphatic carbocycles. The van der Waals surface area contributed by atoms with Gasteiger partial charge in [0, 0.05) is 7.05 Å². The van der Waals surface area contributed by atoms with Crippen LogP contribution in [0.5, 0.6) is 0 Å². The van der Waals surface area contributed by atoms with Crippen LogP contribution in [0.3, 0.4) is 0 Å². The summed E-state index contributed by atoms with van der Waals surface area (Å²) >= 11 is 0. The predicted molar refractivity (Wildman–Crippen MR) is 50.0 cm³/mol. The third-order valence-corrected chi connectivity index (χ3v) is 1.80. The number of rotatable bonds is 0. The van der Waals surface area contributed by atoms with Crippen molar-refractivity contribution in [2.45, 2.75) is 13.8 Å². The van der Waals surface area contributed by atoms with Crippen LogP contribution < -0.4 is 0 Å². The van der Waals surface area contributed by atoms with Gasteiger partial charge in [-0.25, -0.2) is 0 Å². The van der Waals surface area contributed by atoms with E-state index in [0.29, 0.717) is 0 Å². The molecule has 0 aromatic heterocycles. The third-order valence-electron chi connectivity index (χ3n) is 1.80. The second-order valence-corrected chi connectivity index (χ2v) is 2.53. The molecule has 0 unspecified atom stereocenters. The summed E-state index contributed by atoms with van der Waals surface area (Å²) in [5.74, 6) is 0. The highest BCUT2D eigenvalue weighted by molar-refractivity contribution is 6.14. The number of hydrogen-bond donors (Lipinski definition) is 0. The van der Waals surface area contributed by atoms with E-state index in [2.05, 4.69) is 36.2 Å². The first-order valence-electron chi connectivity index (χ1n) is 3.78. The highest BCUT2D eigenvalue weighted by Crippen LogP contribution is 2.14. The zero-order valence-corrected chi connectivity index (χ0v) is 7.26. The largest absolute Gasteiger partial charge is 0.288 e. The first-order chi connectivity index (χ1) is 5.29. The van der Waals surface area contributed by atoms with Crippen molar-refractivity contribution in [3.05, 3.63) is 35.5 Å². The molecule has 0 aromatic carbocycles. The lowest BCUT2D eigenvalue weighted by Crippen LogP contribution is -2.05. The molecule has 0 atom stereocenters. The summed E-state index contributed by atoms with van der Waals surface area (Å²) in [7, 11) is 1.83. The summed E-state index contributed by atoms with van der Waals surface area (Å²) in [6, 6.07) is 0. The fourth-order valence-corrected chi connectivity index (χ4v) is 1.22. The molecule has 0 amide bonds. The first kappa shape index (κ1) is 7.99. The van der Waals surface area contributed by atoms with Crippen molar-refractivity contribution >= 4 is 5.71 Å². The van der Waals surface area contributed by atoms with Crippen molar-refractivity contribution in [3.63, 3.8) is 0 Å². The van der Waals surface area contributed by atoms with Gasteiger partial charge in [0.1, 0.15) is 0 Å². The molecular weight excluding hydrogens is 134 g/mol. The summed E-state index contributed by atoms with van der Waals surface area (Å²) in [6.07, 6.45) is 8.29. The van der Waals surface area contributed by atoms with Crippen LogP contribution >= 0.6 is 0 Å². The van der Waals surface area contributed by atoms with E-state index < -0.39 is 0 Å². The smallest absolute Gasteiger partial charge is 0.0668 e. The van der Waals surface area contributed by atoms with Crippen molar-refractivity contribution in [3.8, 4) is 0 Å². The van der Waals surface area contributed by atoms with Crippen LogP contribution in [0.25, 0.3) is 0 Å². The summed E-state index contributed by atoms with van der Waals surface area (Å²) < 4.78 is 0. The van der Waals surface area contributed by atoms with Crippen LogP contribution in [0.4, 0.5) is 0 Å². The highest BCUT2D eigenvalue weighted by atomic mass is 14.7. The topological polar surface area (TPSA) is 12.4 Å². The fraction of sp³-hybridized carbons (Fsp3) is 0.300. The SMILES string of the molecule is C/C=C1/C=CC=C(C)C1=NC. The molecule has 11 heavy (non-hydrogen) atoms. The minimum absolute atomic E-state index is 1.11. The second-order valence-electron chi connectivity index (χ2n) is 2.53. The summed E-state index contributed by atoms with van der Waals surface area (Å²) in [5.41, 5.74) is 3.56. The maximum absolute atomic E-state index is 4.21. The fourth-order valence-electron chi connectivity index (χ4n) is 1.22. The van der Waals surface area contributed by atoms with Gasteiger partial charge in [0.25, 0.3) is 0 Å². The molecule has 0 spiro atoms. The van der Waals surface area contributed by atoms with Gasteiger partial charge in [-0.05, 0) is 25.0 Å². The van der Waals surface area contributed by atoms with Crippen LogP contribution in [-0.2, 0) is 0 Å². The zero-order valence-electron chi connectivity index (χ0n) is 7.26. The zero-order chi connectivity index (χ0) is 8.27. The van der Waals surface area contributed by atoms with Crippen molar-refractivity contribution in [1.29, 1.82) is 0 Å². The molecule has 0 N–H and O–H groups in total. The van der Waals surface area contributed by atoms with Crippen LogP contribution in [0.2, 0.25) is 0 Å². The molecule has 1 heteroatoms. The Hall–Kier alpha value is -1.11. The molecule has 1 nitrogen and oxygen atoms in total. The Kier molecular flexibility index (Phi) is 2.42. The lowest BCUT2D eigenvalue weighted by atomic mass is 9.98. The number of nitrogens with zero attached hydrogens (tertiary/aromatic N) is 1. The average Bonchev–Trinajstić information content (AvgIpc) is 2.04. The van der Waals surface area contributed by atoms with Gasteiger partial charge in [-0.3, -0.25) is 4.99 Å². The molecule has 0 radical (unpaired) electrons. The molecule has 0 aliphatic heterocycles. The minimum atomic E-state index is 1.11. The normalized spacial score (nSPS) is 24.5. The third kappa shape index (κ3) is 1.48. The number of aliphatic imine (C=N–C) groups is 1. The van der Waals surface area contributed by atoms with Crippen LogP contribution in [0.1, 0.15) is 13.8 Å². The van der Waals surface area contributed by atoms with Gasteiger partial charge in [0.15, 0.2) is 0 Å². The van der Waals surface area contributed by atoms with Gasteiger partial charge in [0.2, 0.25) is 0 Å². The Bertz CT molecular complexity index is 265. The molecule has 58 valence electrons. The van der Waals surface area contributed by atoms with Crippen molar-refractivity contribution < 1.29 is 0 Å². The average molecular weight is 147 g/mol. The van der Waals surface area contributed by atoms with E-state index in [1.807, 2.05) is 14.0 Å². The summed E-state index contributed by atoms with van der Waals surface area (Å²) in [5, 5.41) is 0. The van der Waals surface area contributed by atoms with Gasteiger partial charge in [-0.2, -0.15) is 0 Å². The lowest BCUT2D eigenvalue weighted by Gasteiger charge is -2.09. The monoisotopic (exact) mass is 147 g/mol. The Labute approximate surface area is 67.8 Å². The summed E-state index contributed by atoms with van der Waals surface area (Å²) in [6.45, 7) is 4.11. The van der Waals surface area contributed by atoms with Crippen LogP contribution in [0.15, 0.2) is 40.4 Å².